The van der Waals surface area contributed by atoms with Gasteiger partial charge in [-0.05, 0) is 20.3 Å². The van der Waals surface area contributed by atoms with Gasteiger partial charge in [0.2, 0.25) is 11.8 Å². The number of ether oxygens (including phenoxy) is 1. The van der Waals surface area contributed by atoms with Crippen LogP contribution >= 0.6 is 0 Å². The fourth-order valence-electron chi connectivity index (χ4n) is 1.91. The lowest BCUT2D eigenvalue weighted by Gasteiger charge is -2.02. The number of hydrogen-bond donors (Lipinski definition) is 1. The minimum Gasteiger partial charge on any atom is -0.377 e. The highest BCUT2D eigenvalue weighted by atomic mass is 16.5. The first kappa shape index (κ1) is 15.2. The summed E-state index contributed by atoms with van der Waals surface area (Å²) in [6.45, 7) is 4.18. The first-order valence-corrected chi connectivity index (χ1v) is 6.59. The van der Waals surface area contributed by atoms with E-state index in [0.29, 0.717) is 24.6 Å². The van der Waals surface area contributed by atoms with Crippen molar-refractivity contribution in [2.45, 2.75) is 39.8 Å². The molecule has 1 N–H and O–H groups in total. The zero-order chi connectivity index (χ0) is 15.2. The van der Waals surface area contributed by atoms with Crippen molar-refractivity contribution < 1.29 is 18.6 Å². The molecule has 2 aromatic heterocycles. The summed E-state index contributed by atoms with van der Waals surface area (Å²) in [5.41, 5.74) is 1.80. The van der Waals surface area contributed by atoms with Crippen LogP contribution in [0, 0.1) is 13.8 Å². The maximum Gasteiger partial charge on any atom is 0.246 e. The quantitative estimate of drug-likeness (QED) is 0.814. The Hall–Kier alpha value is -2.22. The van der Waals surface area contributed by atoms with Gasteiger partial charge in [0.25, 0.3) is 0 Å². The van der Waals surface area contributed by atoms with Crippen LogP contribution in [0.5, 0.6) is 0 Å². The average molecular weight is 294 g/mol. The summed E-state index contributed by atoms with van der Waals surface area (Å²) in [5, 5.41) is 10.3. The van der Waals surface area contributed by atoms with Gasteiger partial charge in [-0.25, -0.2) is 0 Å². The Labute approximate surface area is 121 Å². The molecule has 0 bridgehead atoms. The molecule has 0 radical (unpaired) electrons. The van der Waals surface area contributed by atoms with Crippen molar-refractivity contribution in [2.24, 2.45) is 0 Å². The highest BCUT2D eigenvalue weighted by Gasteiger charge is 2.12. The van der Waals surface area contributed by atoms with Crippen molar-refractivity contribution in [2.75, 3.05) is 7.11 Å². The standard InChI is InChI=1S/C13H18N4O4/c1-8-10(9(2)20-16-8)4-5-12(18)14-6-13-15-11(7-19-3)17-21-13/h4-7H2,1-3H3,(H,14,18). The van der Waals surface area contributed by atoms with Crippen LogP contribution < -0.4 is 5.32 Å². The summed E-state index contributed by atoms with van der Waals surface area (Å²) in [6.07, 6.45) is 0.938. The molecule has 0 unspecified atom stereocenters. The fourth-order valence-corrected chi connectivity index (χ4v) is 1.91. The van der Waals surface area contributed by atoms with Gasteiger partial charge in [0.05, 0.1) is 12.2 Å². The van der Waals surface area contributed by atoms with E-state index in [4.69, 9.17) is 13.8 Å². The maximum absolute atomic E-state index is 11.8. The predicted molar refractivity (Wildman–Crippen MR) is 71.2 cm³/mol. The van der Waals surface area contributed by atoms with Gasteiger partial charge in [-0.2, -0.15) is 4.98 Å². The van der Waals surface area contributed by atoms with Crippen molar-refractivity contribution in [3.05, 3.63) is 28.7 Å². The minimum atomic E-state index is -0.0958. The average Bonchev–Trinajstić information content (AvgIpc) is 3.03. The molecule has 0 saturated carbocycles. The van der Waals surface area contributed by atoms with Gasteiger partial charge >= 0.3 is 0 Å². The van der Waals surface area contributed by atoms with E-state index in [1.165, 1.54) is 0 Å². The predicted octanol–water partition coefficient (Wildman–Crippen LogP) is 1.07. The van der Waals surface area contributed by atoms with Crippen LogP contribution in [0.2, 0.25) is 0 Å². The third-order valence-corrected chi connectivity index (χ3v) is 3.00. The molecular weight excluding hydrogens is 276 g/mol. The van der Waals surface area contributed by atoms with Crippen molar-refractivity contribution in [3.63, 3.8) is 0 Å². The number of amides is 1. The minimum absolute atomic E-state index is 0.0958. The Morgan fingerprint density at radius 3 is 2.76 bits per heavy atom. The van der Waals surface area contributed by atoms with Crippen LogP contribution in [-0.2, 0) is 29.1 Å². The number of carbonyl (C=O) groups is 1. The largest absolute Gasteiger partial charge is 0.377 e. The van der Waals surface area contributed by atoms with E-state index in [1.54, 1.807) is 7.11 Å². The number of carbonyl (C=O) groups excluding carboxylic acids is 1. The topological polar surface area (TPSA) is 103 Å². The van der Waals surface area contributed by atoms with Crippen LogP contribution in [0.4, 0.5) is 0 Å². The van der Waals surface area contributed by atoms with Gasteiger partial charge in [-0.3, -0.25) is 4.79 Å². The van der Waals surface area contributed by atoms with Gasteiger partial charge in [0, 0.05) is 19.1 Å². The molecule has 0 aliphatic carbocycles. The molecule has 0 aliphatic rings. The van der Waals surface area contributed by atoms with Crippen LogP contribution in [0.25, 0.3) is 0 Å². The van der Waals surface area contributed by atoms with Gasteiger partial charge in [0.1, 0.15) is 12.4 Å². The number of methoxy groups -OCH3 is 1. The van der Waals surface area contributed by atoms with E-state index in [-0.39, 0.29) is 19.1 Å². The van der Waals surface area contributed by atoms with E-state index >= 15 is 0 Å². The molecule has 0 fully saturated rings. The molecule has 1 amide bonds. The summed E-state index contributed by atoms with van der Waals surface area (Å²) in [5.74, 6) is 1.47. The summed E-state index contributed by atoms with van der Waals surface area (Å²) in [7, 11) is 1.55. The molecule has 21 heavy (non-hydrogen) atoms. The number of aryl methyl sites for hydroxylation is 2. The third kappa shape index (κ3) is 4.12. The monoisotopic (exact) mass is 294 g/mol. The molecule has 0 aliphatic heterocycles. The Balaban J connectivity index is 1.77. The lowest BCUT2D eigenvalue weighted by Crippen LogP contribution is -2.23. The van der Waals surface area contributed by atoms with Crippen molar-refractivity contribution >= 4 is 5.91 Å². The Kier molecular flexibility index (Phi) is 5.04. The van der Waals surface area contributed by atoms with Crippen LogP contribution in [0.1, 0.15) is 35.2 Å². The highest BCUT2D eigenvalue weighted by molar-refractivity contribution is 5.76. The zero-order valence-electron chi connectivity index (χ0n) is 12.3. The normalized spacial score (nSPS) is 10.8. The van der Waals surface area contributed by atoms with Crippen molar-refractivity contribution in [1.29, 1.82) is 0 Å². The highest BCUT2D eigenvalue weighted by Crippen LogP contribution is 2.14. The Morgan fingerprint density at radius 2 is 2.10 bits per heavy atom. The molecule has 2 rings (SSSR count). The van der Waals surface area contributed by atoms with Gasteiger partial charge < -0.3 is 19.1 Å². The van der Waals surface area contributed by atoms with E-state index in [2.05, 4.69) is 20.6 Å². The molecule has 0 atom stereocenters. The van der Waals surface area contributed by atoms with Crippen LogP contribution in [0.15, 0.2) is 9.05 Å². The van der Waals surface area contributed by atoms with Crippen LogP contribution in [-0.4, -0.2) is 28.3 Å². The summed E-state index contributed by atoms with van der Waals surface area (Å²) < 4.78 is 14.9. The smallest absolute Gasteiger partial charge is 0.246 e. The summed E-state index contributed by atoms with van der Waals surface area (Å²) >= 11 is 0. The van der Waals surface area contributed by atoms with E-state index in [1.807, 2.05) is 13.8 Å². The lowest BCUT2D eigenvalue weighted by molar-refractivity contribution is -0.121. The molecule has 114 valence electrons. The Morgan fingerprint density at radius 1 is 1.29 bits per heavy atom. The van der Waals surface area contributed by atoms with E-state index in [0.717, 1.165) is 17.0 Å². The first-order valence-electron chi connectivity index (χ1n) is 6.59. The number of aromatic nitrogens is 3. The van der Waals surface area contributed by atoms with Gasteiger partial charge in [-0.15, -0.1) is 0 Å². The number of nitrogens with one attached hydrogen (secondary N) is 1. The second kappa shape index (κ2) is 6.98. The molecule has 2 aromatic rings. The SMILES string of the molecule is COCc1noc(CNC(=O)CCc2c(C)noc2C)n1. The summed E-state index contributed by atoms with van der Waals surface area (Å²) in [6, 6.07) is 0. The molecular formula is C13H18N4O4. The maximum atomic E-state index is 11.8. The van der Waals surface area contributed by atoms with E-state index < -0.39 is 0 Å². The van der Waals surface area contributed by atoms with Crippen molar-refractivity contribution in [3.8, 4) is 0 Å². The van der Waals surface area contributed by atoms with Gasteiger partial charge in [0.15, 0.2) is 5.82 Å². The third-order valence-electron chi connectivity index (χ3n) is 3.00. The molecule has 0 aromatic carbocycles. The fraction of sp³-hybridized carbons (Fsp3) is 0.538. The molecule has 0 saturated heterocycles. The molecule has 2 heterocycles. The van der Waals surface area contributed by atoms with Gasteiger partial charge in [-0.1, -0.05) is 10.3 Å². The Bertz CT molecular complexity index is 586. The number of rotatable bonds is 7. The lowest BCUT2D eigenvalue weighted by atomic mass is 10.1. The van der Waals surface area contributed by atoms with Crippen LogP contribution in [0.3, 0.4) is 0 Å². The molecule has 8 nitrogen and oxygen atoms in total. The zero-order valence-corrected chi connectivity index (χ0v) is 12.3. The van der Waals surface area contributed by atoms with Crippen molar-refractivity contribution in [1.82, 2.24) is 20.6 Å². The van der Waals surface area contributed by atoms with E-state index in [9.17, 15) is 4.79 Å². The first-order chi connectivity index (χ1) is 10.1. The summed E-state index contributed by atoms with van der Waals surface area (Å²) in [4.78, 5) is 15.9. The molecule has 8 heteroatoms. The molecule has 0 spiro atoms. The second-order valence-electron chi connectivity index (χ2n) is 4.62. The number of nitrogens with zero attached hydrogens (tertiary/aromatic N) is 3. The number of hydrogen-bond acceptors (Lipinski definition) is 7. The second-order valence-corrected chi connectivity index (χ2v) is 4.62.